The van der Waals surface area contributed by atoms with Crippen molar-refractivity contribution in [3.8, 4) is 11.5 Å². The molecule has 3 aromatic rings. The largest absolute Gasteiger partial charge is 0.493 e. The highest BCUT2D eigenvalue weighted by atomic mass is 16.5. The first-order valence-electron chi connectivity index (χ1n) is 9.59. The van der Waals surface area contributed by atoms with Crippen LogP contribution >= 0.6 is 0 Å². The number of rotatable bonds is 6. The van der Waals surface area contributed by atoms with E-state index in [4.69, 9.17) is 9.47 Å². The highest BCUT2D eigenvalue weighted by molar-refractivity contribution is 5.43. The van der Waals surface area contributed by atoms with Crippen LogP contribution in [0.3, 0.4) is 0 Å². The van der Waals surface area contributed by atoms with Crippen LogP contribution < -0.4 is 15.0 Å². The molecule has 0 radical (unpaired) electrons. The maximum Gasteiger partial charge on any atom is 0.266 e. The van der Waals surface area contributed by atoms with E-state index in [-0.39, 0.29) is 5.56 Å². The normalized spacial score (nSPS) is 13.7. The molecule has 1 aliphatic rings. The minimum absolute atomic E-state index is 0.0667. The number of fused-ring (bicyclic) bond motifs is 1. The average Bonchev–Trinajstić information content (AvgIpc) is 2.74. The Hall–Kier alpha value is -3.19. The molecule has 3 heterocycles. The van der Waals surface area contributed by atoms with Gasteiger partial charge in [-0.15, -0.1) is 0 Å². The Balaban J connectivity index is 1.44. The van der Waals surface area contributed by atoms with E-state index in [1.54, 1.807) is 32.6 Å². The van der Waals surface area contributed by atoms with Crippen molar-refractivity contribution in [1.82, 2.24) is 19.7 Å². The summed E-state index contributed by atoms with van der Waals surface area (Å²) in [5, 5.41) is 4.38. The molecule has 150 valence electrons. The molecular weight excluding hydrogens is 368 g/mol. The van der Waals surface area contributed by atoms with Crippen molar-refractivity contribution in [2.45, 2.75) is 26.1 Å². The molecule has 29 heavy (non-hydrogen) atoms. The number of methoxy groups -OCH3 is 1. The second-order valence-electron chi connectivity index (χ2n) is 7.17. The molecule has 7 heteroatoms. The zero-order valence-electron chi connectivity index (χ0n) is 16.7. The Kier molecular flexibility index (Phi) is 5.57. The zero-order chi connectivity index (χ0) is 20.2. The van der Waals surface area contributed by atoms with Crippen LogP contribution in [0, 0.1) is 0 Å². The fourth-order valence-electron chi connectivity index (χ4n) is 3.51. The molecule has 0 fully saturated rings. The lowest BCUT2D eigenvalue weighted by Crippen LogP contribution is -2.34. The first-order valence-corrected chi connectivity index (χ1v) is 9.59. The molecule has 0 amide bonds. The quantitative estimate of drug-likeness (QED) is 0.641. The van der Waals surface area contributed by atoms with E-state index in [1.807, 2.05) is 24.3 Å². The average molecular weight is 392 g/mol. The van der Waals surface area contributed by atoms with E-state index in [9.17, 15) is 4.79 Å². The van der Waals surface area contributed by atoms with Gasteiger partial charge in [0.1, 0.15) is 6.61 Å². The Bertz CT molecular complexity index is 1050. The van der Waals surface area contributed by atoms with E-state index < -0.39 is 0 Å². The predicted octanol–water partition coefficient (Wildman–Crippen LogP) is 2.32. The molecule has 0 saturated heterocycles. The molecular formula is C22H24N4O3. The van der Waals surface area contributed by atoms with Gasteiger partial charge < -0.3 is 9.47 Å². The van der Waals surface area contributed by atoms with E-state index in [2.05, 4.69) is 21.0 Å². The lowest BCUT2D eigenvalue weighted by molar-refractivity contribution is 0.240. The Morgan fingerprint density at radius 1 is 1.07 bits per heavy atom. The van der Waals surface area contributed by atoms with Gasteiger partial charge in [-0.3, -0.25) is 14.7 Å². The second kappa shape index (κ2) is 8.45. The maximum absolute atomic E-state index is 11.9. The second-order valence-corrected chi connectivity index (χ2v) is 7.17. The lowest BCUT2D eigenvalue weighted by atomic mass is 10.1. The minimum Gasteiger partial charge on any atom is -0.493 e. The van der Waals surface area contributed by atoms with Gasteiger partial charge in [-0.1, -0.05) is 6.07 Å². The van der Waals surface area contributed by atoms with Crippen molar-refractivity contribution < 1.29 is 9.47 Å². The predicted molar refractivity (Wildman–Crippen MR) is 109 cm³/mol. The fraction of sp³-hybridized carbons (Fsp3) is 0.318. The Labute approximate surface area is 169 Å². The summed E-state index contributed by atoms with van der Waals surface area (Å²) in [5.74, 6) is 1.43. The van der Waals surface area contributed by atoms with Crippen LogP contribution in [0.2, 0.25) is 0 Å². The van der Waals surface area contributed by atoms with Gasteiger partial charge in [0, 0.05) is 51.6 Å². The fourth-order valence-corrected chi connectivity index (χ4v) is 3.51. The molecule has 1 aliphatic heterocycles. The lowest BCUT2D eigenvalue weighted by Gasteiger charge is -2.28. The van der Waals surface area contributed by atoms with E-state index in [1.165, 1.54) is 4.68 Å². The van der Waals surface area contributed by atoms with Gasteiger partial charge in [0.25, 0.3) is 5.56 Å². The molecule has 0 N–H and O–H groups in total. The molecule has 1 aromatic carbocycles. The number of benzene rings is 1. The van der Waals surface area contributed by atoms with Crippen molar-refractivity contribution in [3.05, 3.63) is 81.5 Å². The third kappa shape index (κ3) is 4.46. The molecule has 0 atom stereocenters. The molecule has 0 spiro atoms. The number of aryl methyl sites for hydroxylation is 1. The third-order valence-corrected chi connectivity index (χ3v) is 5.09. The molecule has 2 aromatic heterocycles. The van der Waals surface area contributed by atoms with Crippen molar-refractivity contribution in [3.63, 3.8) is 0 Å². The monoisotopic (exact) mass is 392 g/mol. The van der Waals surface area contributed by atoms with Crippen molar-refractivity contribution in [1.29, 1.82) is 0 Å². The standard InChI is InChI=1S/C22H24N4O3/c1-25-22(27)12-18-14-26(10-7-19(18)24-25)13-17-3-4-20(21(11-17)28-2)29-15-16-5-8-23-9-6-16/h3-6,8-9,11-12H,7,10,13-15H2,1-2H3. The maximum atomic E-state index is 11.9. The number of pyridine rings is 1. The smallest absolute Gasteiger partial charge is 0.266 e. The van der Waals surface area contributed by atoms with Crippen molar-refractivity contribution in [2.24, 2.45) is 7.05 Å². The SMILES string of the molecule is COc1cc(CN2CCc3nn(C)c(=O)cc3C2)ccc1OCc1ccncc1. The van der Waals surface area contributed by atoms with Gasteiger partial charge in [0.15, 0.2) is 11.5 Å². The van der Waals surface area contributed by atoms with Gasteiger partial charge in [0.05, 0.1) is 12.8 Å². The Morgan fingerprint density at radius 3 is 2.69 bits per heavy atom. The summed E-state index contributed by atoms with van der Waals surface area (Å²) in [7, 11) is 3.34. The minimum atomic E-state index is -0.0667. The molecule has 0 unspecified atom stereocenters. The van der Waals surface area contributed by atoms with E-state index in [0.717, 1.165) is 48.4 Å². The topological polar surface area (TPSA) is 69.5 Å². The van der Waals surface area contributed by atoms with E-state index >= 15 is 0 Å². The number of ether oxygens (including phenoxy) is 2. The summed E-state index contributed by atoms with van der Waals surface area (Å²) >= 11 is 0. The number of aromatic nitrogens is 3. The molecule has 0 aliphatic carbocycles. The highest BCUT2D eigenvalue weighted by Crippen LogP contribution is 2.30. The van der Waals surface area contributed by atoms with Gasteiger partial charge in [0.2, 0.25) is 0 Å². The first-order chi connectivity index (χ1) is 14.1. The van der Waals surface area contributed by atoms with Crippen LogP contribution in [0.1, 0.15) is 22.4 Å². The summed E-state index contributed by atoms with van der Waals surface area (Å²) < 4.78 is 12.9. The summed E-state index contributed by atoms with van der Waals surface area (Å²) in [6, 6.07) is 11.6. The number of hydrogen-bond donors (Lipinski definition) is 0. The summed E-state index contributed by atoms with van der Waals surface area (Å²) in [4.78, 5) is 18.2. The highest BCUT2D eigenvalue weighted by Gasteiger charge is 2.19. The van der Waals surface area contributed by atoms with Crippen molar-refractivity contribution >= 4 is 0 Å². The first kappa shape index (κ1) is 19.1. The van der Waals surface area contributed by atoms with Crippen LogP contribution in [0.5, 0.6) is 11.5 Å². The van der Waals surface area contributed by atoms with Gasteiger partial charge >= 0.3 is 0 Å². The summed E-state index contributed by atoms with van der Waals surface area (Å²) in [6.07, 6.45) is 4.34. The van der Waals surface area contributed by atoms with Crippen LogP contribution in [-0.4, -0.2) is 33.3 Å². The van der Waals surface area contributed by atoms with Crippen LogP contribution in [-0.2, 0) is 33.2 Å². The molecule has 0 saturated carbocycles. The summed E-state index contributed by atoms with van der Waals surface area (Å²) in [6.45, 7) is 2.86. The molecule has 4 rings (SSSR count). The van der Waals surface area contributed by atoms with Crippen LogP contribution in [0.15, 0.2) is 53.6 Å². The third-order valence-electron chi connectivity index (χ3n) is 5.09. The number of nitrogens with zero attached hydrogens (tertiary/aromatic N) is 4. The molecule has 7 nitrogen and oxygen atoms in total. The zero-order valence-corrected chi connectivity index (χ0v) is 16.7. The van der Waals surface area contributed by atoms with Crippen LogP contribution in [0.4, 0.5) is 0 Å². The van der Waals surface area contributed by atoms with Gasteiger partial charge in [-0.2, -0.15) is 5.10 Å². The van der Waals surface area contributed by atoms with Crippen molar-refractivity contribution in [2.75, 3.05) is 13.7 Å². The van der Waals surface area contributed by atoms with Gasteiger partial charge in [-0.25, -0.2) is 4.68 Å². The Morgan fingerprint density at radius 2 is 1.90 bits per heavy atom. The molecule has 0 bridgehead atoms. The summed E-state index contributed by atoms with van der Waals surface area (Å²) in [5.41, 5.74) is 4.16. The van der Waals surface area contributed by atoms with Crippen LogP contribution in [0.25, 0.3) is 0 Å². The number of hydrogen-bond acceptors (Lipinski definition) is 6. The van der Waals surface area contributed by atoms with E-state index in [0.29, 0.717) is 18.1 Å². The van der Waals surface area contributed by atoms with Gasteiger partial charge in [-0.05, 0) is 41.0 Å².